The Morgan fingerprint density at radius 2 is 1.73 bits per heavy atom. The van der Waals surface area contributed by atoms with Crippen molar-refractivity contribution in [2.45, 2.75) is 17.8 Å². The van der Waals surface area contributed by atoms with Gasteiger partial charge in [-0.25, -0.2) is 23.1 Å². The number of hydrogen-bond donors (Lipinski definition) is 5. The molecule has 33 heavy (non-hydrogen) atoms. The maximum Gasteiger partial charge on any atom is 0.573 e. The summed E-state index contributed by atoms with van der Waals surface area (Å²) in [7, 11) is 1.07. The van der Waals surface area contributed by atoms with Gasteiger partial charge in [0, 0.05) is 34.2 Å². The lowest BCUT2D eigenvalue weighted by molar-refractivity contribution is -0.274. The van der Waals surface area contributed by atoms with Crippen LogP contribution in [0, 0.1) is 0 Å². The van der Waals surface area contributed by atoms with E-state index in [1.54, 1.807) is 25.7 Å². The number of ether oxygens (including phenoxy) is 1. The SMILES string of the molecule is CNc1nc(N)c2nc(NC)n(CCNS(=O)(=O)c3ccc(OC(F)(F)F)cc3)c2c1NC. The Bertz CT molecular complexity index is 1240. The lowest BCUT2D eigenvalue weighted by Crippen LogP contribution is -2.28. The maximum atomic E-state index is 12.6. The number of halogens is 3. The van der Waals surface area contributed by atoms with Gasteiger partial charge in [0.15, 0.2) is 11.6 Å². The number of fused-ring (bicyclic) bond motifs is 1. The van der Waals surface area contributed by atoms with Crippen molar-refractivity contribution in [3.63, 3.8) is 0 Å². The summed E-state index contributed by atoms with van der Waals surface area (Å²) in [4.78, 5) is 8.51. The number of imidazole rings is 1. The molecule has 0 bridgehead atoms. The molecule has 0 fully saturated rings. The van der Waals surface area contributed by atoms with E-state index >= 15 is 0 Å². The number of pyridine rings is 1. The van der Waals surface area contributed by atoms with Gasteiger partial charge >= 0.3 is 6.36 Å². The molecule has 3 rings (SSSR count). The van der Waals surface area contributed by atoms with Crippen LogP contribution < -0.4 is 31.1 Å². The van der Waals surface area contributed by atoms with E-state index in [2.05, 4.69) is 35.4 Å². The maximum absolute atomic E-state index is 12.6. The van der Waals surface area contributed by atoms with E-state index in [1.807, 2.05) is 0 Å². The minimum Gasteiger partial charge on any atom is -0.406 e. The Labute approximate surface area is 187 Å². The third-order valence-corrected chi connectivity index (χ3v) is 6.10. The van der Waals surface area contributed by atoms with Crippen molar-refractivity contribution in [1.29, 1.82) is 0 Å². The summed E-state index contributed by atoms with van der Waals surface area (Å²) in [6.45, 7) is 0.131. The predicted molar refractivity (Wildman–Crippen MR) is 119 cm³/mol. The molecule has 0 aliphatic heterocycles. The zero-order valence-corrected chi connectivity index (χ0v) is 18.7. The Morgan fingerprint density at radius 1 is 1.06 bits per heavy atom. The molecule has 0 radical (unpaired) electrons. The number of alkyl halides is 3. The summed E-state index contributed by atoms with van der Waals surface area (Å²) in [5.41, 5.74) is 7.72. The van der Waals surface area contributed by atoms with Gasteiger partial charge in [-0.15, -0.1) is 13.2 Å². The standard InChI is InChI=1S/C18H23F3N8O3S/c1-23-13-14-12(15(22)28-16(13)24-2)27-17(25-3)29(14)9-8-26-33(30,31)11-6-4-10(5-7-11)32-18(19,20)21/h4-7,23,26H,8-9H2,1-3H3,(H,25,27)(H3,22,24,28). The van der Waals surface area contributed by atoms with Gasteiger partial charge in [-0.05, 0) is 24.3 Å². The molecule has 0 unspecified atom stereocenters. The molecule has 0 saturated carbocycles. The topological polar surface area (TPSA) is 148 Å². The van der Waals surface area contributed by atoms with Crippen LogP contribution in [0.15, 0.2) is 29.2 Å². The number of sulfonamides is 1. The molecule has 3 aromatic rings. The van der Waals surface area contributed by atoms with Crippen LogP contribution in [0.3, 0.4) is 0 Å². The molecule has 15 heteroatoms. The third-order valence-electron chi connectivity index (χ3n) is 4.62. The van der Waals surface area contributed by atoms with Crippen molar-refractivity contribution in [2.75, 3.05) is 49.4 Å². The Hall–Kier alpha value is -3.46. The van der Waals surface area contributed by atoms with E-state index in [-0.39, 0.29) is 23.8 Å². The average molecular weight is 488 g/mol. The fourth-order valence-electron chi connectivity index (χ4n) is 3.25. The van der Waals surface area contributed by atoms with Crippen molar-refractivity contribution in [3.8, 4) is 5.75 Å². The second-order valence-corrected chi connectivity index (χ2v) is 8.44. The second kappa shape index (κ2) is 9.19. The van der Waals surface area contributed by atoms with Gasteiger partial charge in [-0.3, -0.25) is 0 Å². The number of nitrogen functional groups attached to an aromatic ring is 1. The summed E-state index contributed by atoms with van der Waals surface area (Å²) in [5, 5.41) is 8.94. The third kappa shape index (κ3) is 5.14. The molecule has 180 valence electrons. The zero-order chi connectivity index (χ0) is 24.4. The van der Waals surface area contributed by atoms with E-state index in [0.717, 1.165) is 24.3 Å². The number of hydrogen-bond acceptors (Lipinski definition) is 9. The second-order valence-electron chi connectivity index (χ2n) is 6.67. The largest absolute Gasteiger partial charge is 0.573 e. The molecule has 6 N–H and O–H groups in total. The number of nitrogens with zero attached hydrogens (tertiary/aromatic N) is 3. The van der Waals surface area contributed by atoms with E-state index in [4.69, 9.17) is 5.73 Å². The highest BCUT2D eigenvalue weighted by Crippen LogP contribution is 2.34. The van der Waals surface area contributed by atoms with Gasteiger partial charge in [0.2, 0.25) is 16.0 Å². The van der Waals surface area contributed by atoms with E-state index in [1.165, 1.54) is 0 Å². The molecular formula is C18H23F3N8O3S. The fraction of sp³-hybridized carbons (Fsp3) is 0.333. The first kappa shape index (κ1) is 24.2. The first-order valence-electron chi connectivity index (χ1n) is 9.59. The molecule has 11 nitrogen and oxygen atoms in total. The normalized spacial score (nSPS) is 12.1. The lowest BCUT2D eigenvalue weighted by Gasteiger charge is -2.15. The van der Waals surface area contributed by atoms with Crippen LogP contribution in [0.2, 0.25) is 0 Å². The van der Waals surface area contributed by atoms with E-state index in [0.29, 0.717) is 28.5 Å². The molecule has 2 heterocycles. The van der Waals surface area contributed by atoms with E-state index in [9.17, 15) is 21.6 Å². The van der Waals surface area contributed by atoms with Crippen molar-refractivity contribution < 1.29 is 26.3 Å². The fourth-order valence-corrected chi connectivity index (χ4v) is 4.27. The first-order chi connectivity index (χ1) is 15.5. The van der Waals surface area contributed by atoms with Crippen LogP contribution in [0.5, 0.6) is 5.75 Å². The number of rotatable bonds is 9. The molecular weight excluding hydrogens is 465 g/mol. The van der Waals surface area contributed by atoms with Crippen LogP contribution in [0.1, 0.15) is 0 Å². The van der Waals surface area contributed by atoms with Crippen molar-refractivity contribution >= 4 is 44.3 Å². The summed E-state index contributed by atoms with van der Waals surface area (Å²) < 4.78 is 70.0. The number of nitrogens with two attached hydrogens (primary N) is 1. The van der Waals surface area contributed by atoms with Crippen LogP contribution in [0.25, 0.3) is 11.0 Å². The summed E-state index contributed by atoms with van der Waals surface area (Å²) in [6, 6.07) is 3.91. The zero-order valence-electron chi connectivity index (χ0n) is 17.9. The minimum absolute atomic E-state index is 0.0382. The van der Waals surface area contributed by atoms with Gasteiger partial charge in [0.1, 0.15) is 22.5 Å². The van der Waals surface area contributed by atoms with Crippen molar-refractivity contribution in [3.05, 3.63) is 24.3 Å². The average Bonchev–Trinajstić information content (AvgIpc) is 3.12. The molecule has 0 aliphatic carbocycles. The molecule has 0 amide bonds. The number of benzene rings is 1. The van der Waals surface area contributed by atoms with Gasteiger partial charge in [0.25, 0.3) is 0 Å². The quantitative estimate of drug-likeness (QED) is 0.305. The summed E-state index contributed by atoms with van der Waals surface area (Å²) >= 11 is 0. The highest BCUT2D eigenvalue weighted by molar-refractivity contribution is 7.89. The predicted octanol–water partition coefficient (Wildman–Crippen LogP) is 2.02. The highest BCUT2D eigenvalue weighted by Gasteiger charge is 2.31. The van der Waals surface area contributed by atoms with Crippen LogP contribution >= 0.6 is 0 Å². The highest BCUT2D eigenvalue weighted by atomic mass is 32.2. The molecule has 0 saturated heterocycles. The molecule has 0 spiro atoms. The Balaban J connectivity index is 1.83. The monoisotopic (exact) mass is 488 g/mol. The number of anilines is 4. The molecule has 0 atom stereocenters. The van der Waals surface area contributed by atoms with E-state index < -0.39 is 22.1 Å². The van der Waals surface area contributed by atoms with Crippen molar-refractivity contribution in [1.82, 2.24) is 19.3 Å². The van der Waals surface area contributed by atoms with Crippen molar-refractivity contribution in [2.24, 2.45) is 0 Å². The van der Waals surface area contributed by atoms with Crippen LogP contribution in [-0.4, -0.2) is 57.0 Å². The number of nitrogens with one attached hydrogen (secondary N) is 4. The summed E-state index contributed by atoms with van der Waals surface area (Å²) in [5.74, 6) is 0.616. The molecule has 1 aromatic carbocycles. The lowest BCUT2D eigenvalue weighted by atomic mass is 10.3. The smallest absolute Gasteiger partial charge is 0.406 e. The molecule has 2 aromatic heterocycles. The molecule has 0 aliphatic rings. The Kier molecular flexibility index (Phi) is 6.73. The van der Waals surface area contributed by atoms with Gasteiger partial charge in [-0.2, -0.15) is 0 Å². The van der Waals surface area contributed by atoms with Gasteiger partial charge < -0.3 is 31.0 Å². The van der Waals surface area contributed by atoms with Crippen LogP contribution in [0.4, 0.5) is 36.4 Å². The van der Waals surface area contributed by atoms with Gasteiger partial charge in [0.05, 0.1) is 4.90 Å². The van der Waals surface area contributed by atoms with Gasteiger partial charge in [-0.1, -0.05) is 0 Å². The van der Waals surface area contributed by atoms with Crippen LogP contribution in [-0.2, 0) is 16.6 Å². The number of aromatic nitrogens is 3. The Morgan fingerprint density at radius 3 is 2.27 bits per heavy atom. The minimum atomic E-state index is -4.87. The summed E-state index contributed by atoms with van der Waals surface area (Å²) in [6.07, 6.45) is -4.87. The first-order valence-corrected chi connectivity index (χ1v) is 11.1.